The van der Waals surface area contributed by atoms with E-state index in [2.05, 4.69) is 48.6 Å². The van der Waals surface area contributed by atoms with Crippen LogP contribution in [-0.2, 0) is 0 Å². The molecule has 1 aliphatic rings. The third-order valence-electron chi connectivity index (χ3n) is 4.23. The number of nitrogen functional groups attached to an aromatic ring is 1. The Morgan fingerprint density at radius 3 is 2.92 bits per heavy atom. The summed E-state index contributed by atoms with van der Waals surface area (Å²) in [6.45, 7) is 4.07. The Hall–Kier alpha value is -2.35. The van der Waals surface area contributed by atoms with E-state index in [4.69, 9.17) is 5.73 Å². The highest BCUT2D eigenvalue weighted by Crippen LogP contribution is 2.29. The number of benzene rings is 1. The van der Waals surface area contributed by atoms with Crippen LogP contribution in [0.25, 0.3) is 0 Å². The summed E-state index contributed by atoms with van der Waals surface area (Å²) >= 11 is 3.36. The fourth-order valence-corrected chi connectivity index (χ4v) is 3.41. The average molecular weight is 405 g/mol. The largest absolute Gasteiger partial charge is 0.393 e. The second-order valence-electron chi connectivity index (χ2n) is 6.21. The van der Waals surface area contributed by atoms with Crippen molar-refractivity contribution < 1.29 is 4.79 Å². The van der Waals surface area contributed by atoms with E-state index in [9.17, 15) is 4.79 Å². The lowest BCUT2D eigenvalue weighted by Gasteiger charge is -2.32. The number of rotatable bonds is 4. The molecule has 7 nitrogen and oxygen atoms in total. The fraction of sp³-hybridized carbons (Fsp3) is 0.353. The van der Waals surface area contributed by atoms with Gasteiger partial charge >= 0.3 is 0 Å². The van der Waals surface area contributed by atoms with Gasteiger partial charge in [-0.05, 0) is 46.8 Å². The Bertz CT molecular complexity index is 769. The average Bonchev–Trinajstić information content (AvgIpc) is 2.61. The molecule has 1 saturated heterocycles. The molecule has 1 unspecified atom stereocenters. The molecule has 2 heterocycles. The van der Waals surface area contributed by atoms with Gasteiger partial charge in [-0.25, -0.2) is 9.97 Å². The molecule has 0 bridgehead atoms. The summed E-state index contributed by atoms with van der Waals surface area (Å²) in [6.07, 6.45) is 3.79. The van der Waals surface area contributed by atoms with Crippen LogP contribution in [0.5, 0.6) is 0 Å². The highest BCUT2D eigenvalue weighted by atomic mass is 79.9. The van der Waals surface area contributed by atoms with Crippen molar-refractivity contribution in [1.29, 1.82) is 0 Å². The minimum absolute atomic E-state index is 0.279. The molecule has 0 spiro atoms. The lowest BCUT2D eigenvalue weighted by atomic mass is 10.0. The van der Waals surface area contributed by atoms with Crippen molar-refractivity contribution >= 4 is 39.2 Å². The van der Waals surface area contributed by atoms with Gasteiger partial charge in [0, 0.05) is 17.6 Å². The van der Waals surface area contributed by atoms with E-state index < -0.39 is 0 Å². The highest BCUT2D eigenvalue weighted by molar-refractivity contribution is 9.10. The third-order valence-corrected chi connectivity index (χ3v) is 4.92. The number of nitrogens with two attached hydrogens (primary N) is 1. The highest BCUT2D eigenvalue weighted by Gasteiger charge is 2.21. The number of hydrogen-bond donors (Lipinski definition) is 3. The molecule has 2 aromatic rings. The topological polar surface area (TPSA) is 96.2 Å². The SMILES string of the molecule is CC1CCCN(c2ncnc(NNC(=O)c3ccccc3Br)c2N)C1. The summed E-state index contributed by atoms with van der Waals surface area (Å²) in [6, 6.07) is 7.19. The molecule has 1 fully saturated rings. The van der Waals surface area contributed by atoms with Crippen molar-refractivity contribution in [3.05, 3.63) is 40.6 Å². The molecule has 8 heteroatoms. The normalized spacial score (nSPS) is 17.2. The number of aromatic nitrogens is 2. The van der Waals surface area contributed by atoms with Gasteiger partial charge < -0.3 is 10.6 Å². The van der Waals surface area contributed by atoms with E-state index in [1.807, 2.05) is 12.1 Å². The van der Waals surface area contributed by atoms with Crippen molar-refractivity contribution in [2.45, 2.75) is 19.8 Å². The molecular weight excluding hydrogens is 384 g/mol. The predicted octanol–water partition coefficient (Wildman–Crippen LogP) is 2.81. The zero-order valence-corrected chi connectivity index (χ0v) is 15.6. The molecule has 25 heavy (non-hydrogen) atoms. The number of halogens is 1. The second-order valence-corrected chi connectivity index (χ2v) is 7.07. The van der Waals surface area contributed by atoms with Crippen LogP contribution >= 0.6 is 15.9 Å². The first kappa shape index (κ1) is 17.5. The molecule has 3 rings (SSSR count). The minimum atomic E-state index is -0.279. The van der Waals surface area contributed by atoms with Crippen molar-refractivity contribution in [1.82, 2.24) is 15.4 Å². The summed E-state index contributed by atoms with van der Waals surface area (Å²) in [5.74, 6) is 1.43. The van der Waals surface area contributed by atoms with E-state index in [0.29, 0.717) is 33.3 Å². The number of carbonyl (C=O) groups is 1. The Morgan fingerprint density at radius 2 is 2.16 bits per heavy atom. The number of nitrogens with zero attached hydrogens (tertiary/aromatic N) is 3. The number of carbonyl (C=O) groups excluding carboxylic acids is 1. The van der Waals surface area contributed by atoms with Gasteiger partial charge in [-0.3, -0.25) is 15.6 Å². The monoisotopic (exact) mass is 404 g/mol. The molecule has 4 N–H and O–H groups in total. The van der Waals surface area contributed by atoms with Crippen LogP contribution in [0.15, 0.2) is 35.1 Å². The zero-order valence-electron chi connectivity index (χ0n) is 14.0. The molecule has 132 valence electrons. The number of piperidine rings is 1. The maximum absolute atomic E-state index is 12.3. The molecule has 0 saturated carbocycles. The first-order chi connectivity index (χ1) is 12.1. The lowest BCUT2D eigenvalue weighted by molar-refractivity contribution is 0.0962. The van der Waals surface area contributed by atoms with Crippen LogP contribution < -0.4 is 21.5 Å². The fourth-order valence-electron chi connectivity index (χ4n) is 2.95. The van der Waals surface area contributed by atoms with Crippen LogP contribution in [0.3, 0.4) is 0 Å². The Labute approximate surface area is 155 Å². The number of anilines is 3. The maximum Gasteiger partial charge on any atom is 0.270 e. The van der Waals surface area contributed by atoms with Crippen LogP contribution in [0, 0.1) is 5.92 Å². The summed E-state index contributed by atoms with van der Waals surface area (Å²) in [5, 5.41) is 0. The molecule has 1 aromatic carbocycles. The molecule has 0 aliphatic carbocycles. The standard InChI is InChI=1S/C17H21BrN6O/c1-11-5-4-8-24(9-11)16-14(19)15(20-10-21-16)22-23-17(25)12-6-2-3-7-13(12)18/h2-3,6-7,10-11H,4-5,8-9,19H2,1H3,(H,23,25)(H,20,21,22). The molecular formula is C17H21BrN6O. The smallest absolute Gasteiger partial charge is 0.270 e. The van der Waals surface area contributed by atoms with Gasteiger partial charge in [0.1, 0.15) is 12.0 Å². The molecule has 1 aliphatic heterocycles. The molecule has 1 aromatic heterocycles. The molecule has 1 amide bonds. The van der Waals surface area contributed by atoms with Crippen molar-refractivity contribution in [2.24, 2.45) is 5.92 Å². The van der Waals surface area contributed by atoms with E-state index >= 15 is 0 Å². The number of hydrazine groups is 1. The first-order valence-electron chi connectivity index (χ1n) is 8.22. The van der Waals surface area contributed by atoms with Gasteiger partial charge in [0.25, 0.3) is 5.91 Å². The van der Waals surface area contributed by atoms with Gasteiger partial charge in [0.05, 0.1) is 5.56 Å². The third kappa shape index (κ3) is 4.01. The maximum atomic E-state index is 12.3. The van der Waals surface area contributed by atoms with Crippen LogP contribution in [-0.4, -0.2) is 29.0 Å². The molecule has 0 radical (unpaired) electrons. The van der Waals surface area contributed by atoms with Crippen molar-refractivity contribution in [2.75, 3.05) is 29.1 Å². The zero-order chi connectivity index (χ0) is 17.8. The number of amides is 1. The van der Waals surface area contributed by atoms with E-state index in [1.165, 1.54) is 12.7 Å². The van der Waals surface area contributed by atoms with Gasteiger partial charge in [0.15, 0.2) is 11.6 Å². The quantitative estimate of drug-likeness (QED) is 0.677. The Morgan fingerprint density at radius 1 is 1.36 bits per heavy atom. The van der Waals surface area contributed by atoms with Gasteiger partial charge in [0.2, 0.25) is 0 Å². The van der Waals surface area contributed by atoms with E-state index in [0.717, 1.165) is 19.5 Å². The first-order valence-corrected chi connectivity index (χ1v) is 9.02. The van der Waals surface area contributed by atoms with Crippen LogP contribution in [0.2, 0.25) is 0 Å². The number of hydrogen-bond acceptors (Lipinski definition) is 6. The second kappa shape index (κ2) is 7.69. The van der Waals surface area contributed by atoms with Crippen molar-refractivity contribution in [3.63, 3.8) is 0 Å². The summed E-state index contributed by atoms with van der Waals surface area (Å²) < 4.78 is 0.716. The van der Waals surface area contributed by atoms with Crippen LogP contribution in [0.4, 0.5) is 17.3 Å². The summed E-state index contributed by atoms with van der Waals surface area (Å²) in [4.78, 5) is 22.9. The Kier molecular flexibility index (Phi) is 5.37. The molecule has 1 atom stereocenters. The number of nitrogens with one attached hydrogen (secondary N) is 2. The van der Waals surface area contributed by atoms with E-state index in [1.54, 1.807) is 12.1 Å². The van der Waals surface area contributed by atoms with E-state index in [-0.39, 0.29) is 5.91 Å². The van der Waals surface area contributed by atoms with Crippen molar-refractivity contribution in [3.8, 4) is 0 Å². The minimum Gasteiger partial charge on any atom is -0.393 e. The summed E-state index contributed by atoms with van der Waals surface area (Å²) in [5.41, 5.74) is 12.6. The van der Waals surface area contributed by atoms with Gasteiger partial charge in [-0.1, -0.05) is 19.1 Å². The van der Waals surface area contributed by atoms with Crippen LogP contribution in [0.1, 0.15) is 30.1 Å². The Balaban J connectivity index is 1.72. The predicted molar refractivity (Wildman–Crippen MR) is 102 cm³/mol. The van der Waals surface area contributed by atoms with Gasteiger partial charge in [-0.2, -0.15) is 0 Å². The lowest BCUT2D eigenvalue weighted by Crippen LogP contribution is -2.36. The summed E-state index contributed by atoms with van der Waals surface area (Å²) in [7, 11) is 0. The van der Waals surface area contributed by atoms with Gasteiger partial charge in [-0.15, -0.1) is 0 Å².